The van der Waals surface area contributed by atoms with Gasteiger partial charge in [0.15, 0.2) is 11.6 Å². The van der Waals surface area contributed by atoms with Crippen molar-refractivity contribution in [3.63, 3.8) is 0 Å². The molecule has 0 radical (unpaired) electrons. The highest BCUT2D eigenvalue weighted by Crippen LogP contribution is 2.24. The zero-order valence-corrected chi connectivity index (χ0v) is 19.1. The molecule has 180 valence electrons. The summed E-state index contributed by atoms with van der Waals surface area (Å²) in [5, 5.41) is 12.3. The van der Waals surface area contributed by atoms with E-state index in [-0.39, 0.29) is 30.0 Å². The molecule has 0 aliphatic heterocycles. The first kappa shape index (κ1) is 24.9. The second kappa shape index (κ2) is 10.5. The molecule has 0 saturated carbocycles. The van der Waals surface area contributed by atoms with Crippen LogP contribution in [0.5, 0.6) is 5.75 Å². The van der Waals surface area contributed by atoms with Crippen molar-refractivity contribution in [3.8, 4) is 5.75 Å². The van der Waals surface area contributed by atoms with Crippen LogP contribution in [0.3, 0.4) is 0 Å². The van der Waals surface area contributed by atoms with Crippen molar-refractivity contribution >= 4 is 29.2 Å². The van der Waals surface area contributed by atoms with Crippen LogP contribution in [0.2, 0.25) is 5.02 Å². The van der Waals surface area contributed by atoms with Gasteiger partial charge in [-0.2, -0.15) is 4.98 Å². The third kappa shape index (κ3) is 6.00. The van der Waals surface area contributed by atoms with Crippen LogP contribution in [0.4, 0.5) is 16.0 Å². The number of halogens is 2. The van der Waals surface area contributed by atoms with E-state index >= 15 is 0 Å². The highest BCUT2D eigenvalue weighted by molar-refractivity contribution is 6.30. The number of ether oxygens (including phenoxy) is 1. The van der Waals surface area contributed by atoms with Crippen molar-refractivity contribution in [3.05, 3.63) is 79.8 Å². The summed E-state index contributed by atoms with van der Waals surface area (Å²) in [6.07, 6.45) is -0.232. The van der Waals surface area contributed by atoms with Crippen molar-refractivity contribution in [2.24, 2.45) is 5.73 Å². The van der Waals surface area contributed by atoms with Gasteiger partial charge in [0, 0.05) is 16.8 Å². The molecule has 0 saturated heterocycles. The Morgan fingerprint density at radius 2 is 1.88 bits per heavy atom. The van der Waals surface area contributed by atoms with E-state index in [9.17, 15) is 18.8 Å². The Morgan fingerprint density at radius 3 is 2.47 bits per heavy atom. The number of aliphatic carboxylic acids is 1. The molecular formula is C22H23ClFN5O5. The second-order valence-corrected chi connectivity index (χ2v) is 8.14. The molecule has 1 atom stereocenters. The molecule has 10 nitrogen and oxygen atoms in total. The van der Waals surface area contributed by atoms with Crippen molar-refractivity contribution in [1.29, 1.82) is 0 Å². The predicted molar refractivity (Wildman–Crippen MR) is 124 cm³/mol. The van der Waals surface area contributed by atoms with Crippen LogP contribution in [-0.4, -0.2) is 37.3 Å². The number of hydrogen-bond donors (Lipinski definition) is 3. The molecule has 1 heterocycles. The van der Waals surface area contributed by atoms with Crippen molar-refractivity contribution in [2.45, 2.75) is 39.1 Å². The number of carboxylic acid groups (broad SMARTS) is 1. The summed E-state index contributed by atoms with van der Waals surface area (Å²) in [6, 6.07) is 9.17. The van der Waals surface area contributed by atoms with E-state index in [0.717, 1.165) is 10.6 Å². The van der Waals surface area contributed by atoms with Gasteiger partial charge in [0.25, 0.3) is 0 Å². The average molecular weight is 492 g/mol. The molecular weight excluding hydrogens is 469 g/mol. The Kier molecular flexibility index (Phi) is 7.69. The maximum absolute atomic E-state index is 14.4. The topological polar surface area (TPSA) is 141 Å². The number of carbonyl (C=O) groups is 1. The maximum Gasteiger partial charge on any atom is 0.355 e. The number of benzene rings is 2. The van der Waals surface area contributed by atoms with E-state index < -0.39 is 35.8 Å². The van der Waals surface area contributed by atoms with Gasteiger partial charge in [0.2, 0.25) is 5.95 Å². The lowest BCUT2D eigenvalue weighted by atomic mass is 10.2. The van der Waals surface area contributed by atoms with E-state index in [4.69, 9.17) is 27.2 Å². The fourth-order valence-corrected chi connectivity index (χ4v) is 3.15. The van der Waals surface area contributed by atoms with Gasteiger partial charge in [0.1, 0.15) is 6.04 Å². The highest BCUT2D eigenvalue weighted by Gasteiger charge is 2.19. The fraction of sp³-hybridized carbons (Fsp3) is 0.273. The monoisotopic (exact) mass is 491 g/mol. The summed E-state index contributed by atoms with van der Waals surface area (Å²) in [5.74, 6) is -2.14. The lowest BCUT2D eigenvalue weighted by Gasteiger charge is -2.17. The van der Waals surface area contributed by atoms with Gasteiger partial charge in [-0.1, -0.05) is 23.7 Å². The Labute approximate surface area is 198 Å². The van der Waals surface area contributed by atoms with E-state index in [1.54, 1.807) is 38.1 Å². The minimum Gasteiger partial charge on any atom is -0.488 e. The molecule has 3 aromatic rings. The lowest BCUT2D eigenvalue weighted by molar-refractivity contribution is -0.138. The zero-order valence-electron chi connectivity index (χ0n) is 18.4. The number of hydrogen-bond acceptors (Lipinski definition) is 7. The van der Waals surface area contributed by atoms with Crippen LogP contribution >= 0.6 is 11.6 Å². The van der Waals surface area contributed by atoms with Gasteiger partial charge in [-0.15, -0.1) is 0 Å². The minimum atomic E-state index is -1.49. The Bertz CT molecular complexity index is 1310. The van der Waals surface area contributed by atoms with Crippen LogP contribution in [0.1, 0.15) is 19.4 Å². The quantitative estimate of drug-likeness (QED) is 0.413. The fourth-order valence-electron chi connectivity index (χ4n) is 3.03. The van der Waals surface area contributed by atoms with E-state index in [0.29, 0.717) is 15.2 Å². The molecule has 4 N–H and O–H groups in total. The highest BCUT2D eigenvalue weighted by atomic mass is 35.5. The molecule has 12 heteroatoms. The van der Waals surface area contributed by atoms with Crippen LogP contribution in [0.25, 0.3) is 0 Å². The number of rotatable bonds is 9. The number of aromatic nitrogens is 3. The van der Waals surface area contributed by atoms with Crippen LogP contribution in [-0.2, 0) is 17.9 Å². The molecule has 0 aliphatic carbocycles. The van der Waals surface area contributed by atoms with Crippen molar-refractivity contribution < 1.29 is 19.0 Å². The van der Waals surface area contributed by atoms with Gasteiger partial charge in [0.05, 0.1) is 19.2 Å². The Morgan fingerprint density at radius 1 is 1.21 bits per heavy atom. The van der Waals surface area contributed by atoms with Crippen molar-refractivity contribution in [1.82, 2.24) is 14.1 Å². The van der Waals surface area contributed by atoms with Gasteiger partial charge < -0.3 is 20.9 Å². The third-order valence-electron chi connectivity index (χ3n) is 4.65. The van der Waals surface area contributed by atoms with E-state index in [1.807, 2.05) is 0 Å². The number of carboxylic acids is 1. The molecule has 34 heavy (non-hydrogen) atoms. The number of nitrogens with one attached hydrogen (secondary N) is 1. The first-order valence-corrected chi connectivity index (χ1v) is 10.6. The lowest BCUT2D eigenvalue weighted by Crippen LogP contribution is -2.48. The normalized spacial score (nSPS) is 11.9. The zero-order chi connectivity index (χ0) is 25.0. The van der Waals surface area contributed by atoms with E-state index in [2.05, 4.69) is 10.3 Å². The summed E-state index contributed by atoms with van der Waals surface area (Å²) >= 11 is 5.92. The third-order valence-corrected chi connectivity index (χ3v) is 4.90. The largest absolute Gasteiger partial charge is 0.488 e. The first-order valence-electron chi connectivity index (χ1n) is 10.2. The average Bonchev–Trinajstić information content (AvgIpc) is 2.76. The molecule has 0 aliphatic rings. The molecule has 1 aromatic heterocycles. The summed E-state index contributed by atoms with van der Waals surface area (Å²) in [7, 11) is 0. The number of nitrogens with two attached hydrogens (primary N) is 1. The maximum atomic E-state index is 14.4. The van der Waals surface area contributed by atoms with E-state index in [1.165, 1.54) is 12.1 Å². The van der Waals surface area contributed by atoms with Crippen LogP contribution < -0.4 is 27.2 Å². The Balaban J connectivity index is 2.05. The summed E-state index contributed by atoms with van der Waals surface area (Å²) in [6.45, 7) is 2.91. The molecule has 0 bridgehead atoms. The number of anilines is 2. The molecule has 2 aromatic carbocycles. The predicted octanol–water partition coefficient (Wildman–Crippen LogP) is 2.19. The number of nitrogens with zero attached hydrogens (tertiary/aromatic N) is 3. The van der Waals surface area contributed by atoms with Gasteiger partial charge >= 0.3 is 17.3 Å². The van der Waals surface area contributed by atoms with Gasteiger partial charge in [-0.05, 0) is 43.7 Å². The SMILES string of the molecule is CC(C)Oc1ccc(Nc2nc(=O)n(C[C@@H](N)C(=O)O)c(=O)n2Cc2ccc(Cl)cc2)cc1F. The smallest absolute Gasteiger partial charge is 0.355 e. The van der Waals surface area contributed by atoms with Crippen LogP contribution in [0, 0.1) is 5.82 Å². The summed E-state index contributed by atoms with van der Waals surface area (Å²) < 4.78 is 21.6. The van der Waals surface area contributed by atoms with Gasteiger partial charge in [-0.25, -0.2) is 18.5 Å². The molecule has 0 spiro atoms. The molecule has 0 unspecified atom stereocenters. The molecule has 0 amide bonds. The van der Waals surface area contributed by atoms with Crippen LogP contribution in [0.15, 0.2) is 52.1 Å². The summed E-state index contributed by atoms with van der Waals surface area (Å²) in [4.78, 5) is 40.7. The minimum absolute atomic E-state index is 0.0368. The first-order chi connectivity index (χ1) is 16.0. The van der Waals surface area contributed by atoms with Crippen molar-refractivity contribution in [2.75, 3.05) is 5.32 Å². The second-order valence-electron chi connectivity index (χ2n) is 7.71. The molecule has 0 fully saturated rings. The molecule has 3 rings (SSSR count). The Hall–Kier alpha value is -3.70. The summed E-state index contributed by atoms with van der Waals surface area (Å²) in [5.41, 5.74) is 4.53. The standard InChI is InChI=1S/C22H23ClFN5O5/c1-12(2)34-18-8-7-15(9-16(18)24)26-20-27-21(32)29(11-17(25)19(30)31)22(33)28(20)10-13-3-5-14(23)6-4-13/h3-9,12,17H,10-11,25H2,1-2H3,(H,30,31)(H,26,27,32)/t17-/m1/s1. The van der Waals surface area contributed by atoms with Gasteiger partial charge in [-0.3, -0.25) is 9.36 Å².